The van der Waals surface area contributed by atoms with Crippen molar-refractivity contribution in [2.24, 2.45) is 0 Å². The van der Waals surface area contributed by atoms with E-state index in [-0.39, 0.29) is 18.2 Å². The molecule has 27 heavy (non-hydrogen) atoms. The SMILES string of the molecule is Cc1cc(CC(=O)N2CCCC(c3nccn3Cc3ccccc3)C2)on1. The van der Waals surface area contributed by atoms with Crippen LogP contribution in [0.4, 0.5) is 0 Å². The molecule has 4 rings (SSSR count). The molecule has 1 aliphatic rings. The van der Waals surface area contributed by atoms with E-state index < -0.39 is 0 Å². The van der Waals surface area contributed by atoms with E-state index in [9.17, 15) is 4.79 Å². The van der Waals surface area contributed by atoms with E-state index in [0.29, 0.717) is 12.3 Å². The zero-order valence-corrected chi connectivity index (χ0v) is 15.5. The fraction of sp³-hybridized carbons (Fsp3) is 0.381. The molecule has 0 bridgehead atoms. The number of aryl methyl sites for hydroxylation is 1. The monoisotopic (exact) mass is 364 g/mol. The van der Waals surface area contributed by atoms with Gasteiger partial charge in [0, 0.05) is 44.0 Å². The number of carbonyl (C=O) groups excluding carboxylic acids is 1. The summed E-state index contributed by atoms with van der Waals surface area (Å²) in [4.78, 5) is 19.2. The van der Waals surface area contributed by atoms with Gasteiger partial charge in [0.25, 0.3) is 0 Å². The zero-order valence-electron chi connectivity index (χ0n) is 15.5. The van der Waals surface area contributed by atoms with Gasteiger partial charge in [0.05, 0.1) is 12.1 Å². The predicted octanol–water partition coefficient (Wildman–Crippen LogP) is 3.18. The Hall–Kier alpha value is -2.89. The Labute approximate surface area is 158 Å². The first-order valence-corrected chi connectivity index (χ1v) is 9.44. The van der Waals surface area contributed by atoms with Crippen LogP contribution >= 0.6 is 0 Å². The van der Waals surface area contributed by atoms with Crippen molar-refractivity contribution in [1.29, 1.82) is 0 Å². The minimum atomic E-state index is 0.0945. The van der Waals surface area contributed by atoms with Crippen LogP contribution in [-0.2, 0) is 17.8 Å². The molecule has 3 heterocycles. The van der Waals surface area contributed by atoms with Crippen molar-refractivity contribution in [1.82, 2.24) is 19.6 Å². The average molecular weight is 364 g/mol. The first-order valence-electron chi connectivity index (χ1n) is 9.44. The maximum Gasteiger partial charge on any atom is 0.230 e. The van der Waals surface area contributed by atoms with E-state index in [1.165, 1.54) is 5.56 Å². The van der Waals surface area contributed by atoms with E-state index in [4.69, 9.17) is 4.52 Å². The van der Waals surface area contributed by atoms with Crippen LogP contribution in [0.3, 0.4) is 0 Å². The van der Waals surface area contributed by atoms with Gasteiger partial charge < -0.3 is 14.0 Å². The van der Waals surface area contributed by atoms with Gasteiger partial charge in [0.2, 0.25) is 5.91 Å². The van der Waals surface area contributed by atoms with Gasteiger partial charge in [0.15, 0.2) is 0 Å². The third-order valence-electron chi connectivity index (χ3n) is 5.08. The van der Waals surface area contributed by atoms with Gasteiger partial charge in [-0.1, -0.05) is 35.5 Å². The van der Waals surface area contributed by atoms with Crippen LogP contribution in [-0.4, -0.2) is 38.6 Å². The maximum atomic E-state index is 12.7. The molecule has 140 valence electrons. The second kappa shape index (κ2) is 7.78. The lowest BCUT2D eigenvalue weighted by Gasteiger charge is -2.32. The molecular formula is C21H24N4O2. The number of hydrogen-bond acceptors (Lipinski definition) is 4. The maximum absolute atomic E-state index is 12.7. The van der Waals surface area contributed by atoms with Crippen molar-refractivity contribution in [2.75, 3.05) is 13.1 Å². The fourth-order valence-electron chi connectivity index (χ4n) is 3.77. The molecule has 6 nitrogen and oxygen atoms in total. The normalized spacial score (nSPS) is 17.2. The summed E-state index contributed by atoms with van der Waals surface area (Å²) < 4.78 is 7.40. The number of piperidine rings is 1. The standard InChI is InChI=1S/C21H24N4O2/c1-16-12-19(27-23-16)13-20(26)24-10-5-8-18(15-24)21-22-9-11-25(21)14-17-6-3-2-4-7-17/h2-4,6-7,9,11-12,18H,5,8,10,13-15H2,1H3. The number of likely N-dealkylation sites (tertiary alicyclic amines) is 1. The Kier molecular flexibility index (Phi) is 5.05. The lowest BCUT2D eigenvalue weighted by Crippen LogP contribution is -2.40. The number of imidazole rings is 1. The topological polar surface area (TPSA) is 64.2 Å². The molecule has 1 aliphatic heterocycles. The third-order valence-corrected chi connectivity index (χ3v) is 5.08. The lowest BCUT2D eigenvalue weighted by atomic mass is 9.96. The van der Waals surface area contributed by atoms with E-state index in [2.05, 4.69) is 39.0 Å². The van der Waals surface area contributed by atoms with Crippen molar-refractivity contribution >= 4 is 5.91 Å². The van der Waals surface area contributed by atoms with Crippen molar-refractivity contribution in [3.63, 3.8) is 0 Å². The molecule has 1 amide bonds. The second-order valence-electron chi connectivity index (χ2n) is 7.19. The molecule has 1 saturated heterocycles. The van der Waals surface area contributed by atoms with Gasteiger partial charge >= 0.3 is 0 Å². The highest BCUT2D eigenvalue weighted by atomic mass is 16.5. The summed E-state index contributed by atoms with van der Waals surface area (Å²) in [6.45, 7) is 4.17. The van der Waals surface area contributed by atoms with Crippen LogP contribution in [0.5, 0.6) is 0 Å². The number of nitrogens with zero attached hydrogens (tertiary/aromatic N) is 4. The fourth-order valence-corrected chi connectivity index (χ4v) is 3.77. The van der Waals surface area contributed by atoms with Gasteiger partial charge in [-0.2, -0.15) is 0 Å². The summed E-state index contributed by atoms with van der Waals surface area (Å²) in [6, 6.07) is 12.2. The van der Waals surface area contributed by atoms with Crippen molar-refractivity contribution in [3.8, 4) is 0 Å². The van der Waals surface area contributed by atoms with Crippen molar-refractivity contribution in [2.45, 2.75) is 38.6 Å². The molecule has 6 heteroatoms. The molecular weight excluding hydrogens is 340 g/mol. The van der Waals surface area contributed by atoms with Gasteiger partial charge in [-0.3, -0.25) is 4.79 Å². The van der Waals surface area contributed by atoms with Gasteiger partial charge in [-0.25, -0.2) is 4.98 Å². The van der Waals surface area contributed by atoms with Crippen LogP contribution < -0.4 is 0 Å². The van der Waals surface area contributed by atoms with Crippen LogP contribution in [0.2, 0.25) is 0 Å². The molecule has 0 radical (unpaired) electrons. The predicted molar refractivity (Wildman–Crippen MR) is 101 cm³/mol. The number of rotatable bonds is 5. The highest BCUT2D eigenvalue weighted by Crippen LogP contribution is 2.27. The summed E-state index contributed by atoms with van der Waals surface area (Å²) in [5, 5.41) is 3.86. The summed E-state index contributed by atoms with van der Waals surface area (Å²) in [5.74, 6) is 2.05. The largest absolute Gasteiger partial charge is 0.361 e. The van der Waals surface area contributed by atoms with E-state index in [0.717, 1.165) is 37.4 Å². The highest BCUT2D eigenvalue weighted by molar-refractivity contribution is 5.78. The van der Waals surface area contributed by atoms with Gasteiger partial charge in [0.1, 0.15) is 11.6 Å². The Balaban J connectivity index is 1.44. The molecule has 2 aromatic heterocycles. The van der Waals surface area contributed by atoms with Crippen LogP contribution in [0.25, 0.3) is 0 Å². The minimum Gasteiger partial charge on any atom is -0.361 e. The smallest absolute Gasteiger partial charge is 0.230 e. The van der Waals surface area contributed by atoms with E-state index >= 15 is 0 Å². The lowest BCUT2D eigenvalue weighted by molar-refractivity contribution is -0.132. The molecule has 0 spiro atoms. The number of amides is 1. The molecule has 1 unspecified atom stereocenters. The van der Waals surface area contributed by atoms with Crippen LogP contribution in [0.15, 0.2) is 53.3 Å². The molecule has 0 N–H and O–H groups in total. The first kappa shape index (κ1) is 17.5. The van der Waals surface area contributed by atoms with Crippen LogP contribution in [0.1, 0.15) is 41.6 Å². The molecule has 3 aromatic rings. The molecule has 1 aromatic carbocycles. The number of benzene rings is 1. The molecule has 0 saturated carbocycles. The molecule has 0 aliphatic carbocycles. The summed E-state index contributed by atoms with van der Waals surface area (Å²) in [5.41, 5.74) is 2.05. The van der Waals surface area contributed by atoms with Crippen LogP contribution in [0, 0.1) is 6.92 Å². The second-order valence-corrected chi connectivity index (χ2v) is 7.19. The Morgan fingerprint density at radius 3 is 2.93 bits per heavy atom. The quantitative estimate of drug-likeness (QED) is 0.697. The minimum absolute atomic E-state index is 0.0945. The Morgan fingerprint density at radius 1 is 1.30 bits per heavy atom. The molecule has 1 fully saturated rings. The van der Waals surface area contributed by atoms with E-state index in [1.54, 1.807) is 0 Å². The number of carbonyl (C=O) groups is 1. The summed E-state index contributed by atoms with van der Waals surface area (Å²) in [6.07, 6.45) is 6.20. The Morgan fingerprint density at radius 2 is 2.15 bits per heavy atom. The summed E-state index contributed by atoms with van der Waals surface area (Å²) >= 11 is 0. The molecule has 1 atom stereocenters. The van der Waals surface area contributed by atoms with Crippen molar-refractivity contribution < 1.29 is 9.32 Å². The highest BCUT2D eigenvalue weighted by Gasteiger charge is 2.28. The van der Waals surface area contributed by atoms with E-state index in [1.807, 2.05) is 36.4 Å². The Bertz CT molecular complexity index is 900. The average Bonchev–Trinajstić information content (AvgIpc) is 3.31. The van der Waals surface area contributed by atoms with Gasteiger partial charge in [-0.15, -0.1) is 0 Å². The third kappa shape index (κ3) is 4.10. The summed E-state index contributed by atoms with van der Waals surface area (Å²) in [7, 11) is 0. The van der Waals surface area contributed by atoms with Gasteiger partial charge in [-0.05, 0) is 25.3 Å². The zero-order chi connectivity index (χ0) is 18.6. The number of hydrogen-bond donors (Lipinski definition) is 0. The van der Waals surface area contributed by atoms with Crippen molar-refractivity contribution in [3.05, 3.63) is 71.6 Å². The number of aromatic nitrogens is 3. The first-order chi connectivity index (χ1) is 13.2.